The van der Waals surface area contributed by atoms with E-state index in [1.165, 1.54) is 17.3 Å². The number of aromatic amines is 1. The molecule has 2 amide bonds. The average Bonchev–Trinajstić information content (AvgIpc) is 3.53. The number of carbonyl (C=O) groups excluding carboxylic acids is 2. The van der Waals surface area contributed by atoms with Gasteiger partial charge in [0.2, 0.25) is 11.8 Å². The number of H-pyrrole nitrogens is 1. The lowest BCUT2D eigenvalue weighted by molar-refractivity contribution is -0.138. The van der Waals surface area contributed by atoms with E-state index in [1.807, 2.05) is 40.7 Å². The Morgan fingerprint density at radius 3 is 2.11 bits per heavy atom. The summed E-state index contributed by atoms with van der Waals surface area (Å²) in [6, 6.07) is -0.295. The van der Waals surface area contributed by atoms with E-state index >= 15 is 0 Å². The van der Waals surface area contributed by atoms with E-state index in [1.54, 1.807) is 0 Å². The van der Waals surface area contributed by atoms with E-state index in [-0.39, 0.29) is 42.8 Å². The maximum absolute atomic E-state index is 12.5. The normalized spacial score (nSPS) is 25.7. The molecule has 11 heteroatoms. The van der Waals surface area contributed by atoms with E-state index in [9.17, 15) is 29.4 Å². The third-order valence-corrected chi connectivity index (χ3v) is 10.6. The number of rotatable bonds is 13. The number of allylic oxidation sites excluding steroid dienone is 1. The summed E-state index contributed by atoms with van der Waals surface area (Å²) in [6.45, 7) is 9.87. The zero-order valence-corrected chi connectivity index (χ0v) is 26.9. The fourth-order valence-corrected chi connectivity index (χ4v) is 7.84. The Kier molecular flexibility index (Phi) is 9.15. The van der Waals surface area contributed by atoms with Gasteiger partial charge in [-0.2, -0.15) is 0 Å². The first kappa shape index (κ1) is 31.7. The minimum Gasteiger partial charge on any atom is -0.481 e. The largest absolute Gasteiger partial charge is 0.481 e. The number of amides is 2. The molecule has 5 rings (SSSR count). The molecule has 1 aromatic rings. The third kappa shape index (κ3) is 6.38. The van der Waals surface area contributed by atoms with Gasteiger partial charge in [0, 0.05) is 59.1 Å². The number of thiol groups is 1. The van der Waals surface area contributed by atoms with E-state index in [2.05, 4.69) is 20.9 Å². The molecule has 5 heterocycles. The van der Waals surface area contributed by atoms with Crippen LogP contribution in [-0.4, -0.2) is 68.1 Å². The minimum atomic E-state index is -0.882. The van der Waals surface area contributed by atoms with E-state index in [4.69, 9.17) is 0 Å². The van der Waals surface area contributed by atoms with Gasteiger partial charge in [-0.15, -0.1) is 0 Å². The van der Waals surface area contributed by atoms with Crippen LogP contribution >= 0.6 is 0 Å². The van der Waals surface area contributed by atoms with Gasteiger partial charge in [-0.3, -0.25) is 19.2 Å². The number of nitrogens with one attached hydrogen (secondary N) is 4. The summed E-state index contributed by atoms with van der Waals surface area (Å²) < 4.78 is 0. The topological polar surface area (TPSA) is 161 Å². The highest BCUT2D eigenvalue weighted by molar-refractivity contribution is 7.87. The van der Waals surface area contributed by atoms with Crippen molar-refractivity contribution in [3.8, 4) is 0 Å². The summed E-state index contributed by atoms with van der Waals surface area (Å²) >= 11 is 1.34. The van der Waals surface area contributed by atoms with Crippen LogP contribution in [-0.2, 0) is 43.8 Å². The number of hydrogen-bond acceptors (Lipinski definition) is 5. The van der Waals surface area contributed by atoms with Gasteiger partial charge in [-0.25, -0.2) is 0 Å². The van der Waals surface area contributed by atoms with Crippen molar-refractivity contribution < 1.29 is 29.4 Å². The van der Waals surface area contributed by atoms with Gasteiger partial charge in [-0.05, 0) is 99.1 Å². The second-order valence-electron chi connectivity index (χ2n) is 12.3. The highest BCUT2D eigenvalue weighted by Crippen LogP contribution is 2.36. The van der Waals surface area contributed by atoms with Crippen molar-refractivity contribution in [3.63, 3.8) is 0 Å². The van der Waals surface area contributed by atoms with Crippen LogP contribution in [0.3, 0.4) is 0 Å². The molecule has 236 valence electrons. The Hall–Kier alpha value is -3.73. The number of carboxylic acids is 2. The van der Waals surface area contributed by atoms with Crippen LogP contribution in [0.15, 0.2) is 39.1 Å². The molecule has 4 atom stereocenters. The molecule has 10 nitrogen and oxygen atoms in total. The predicted octanol–water partition coefficient (Wildman–Crippen LogP) is 3.00. The third-order valence-electron chi connectivity index (χ3n) is 9.63. The lowest BCUT2D eigenvalue weighted by Crippen LogP contribution is -2.36. The molecular weight excluding hydrogens is 580 g/mol. The highest BCUT2D eigenvalue weighted by Gasteiger charge is 2.47. The van der Waals surface area contributed by atoms with Crippen LogP contribution in [0.5, 0.6) is 0 Å². The lowest BCUT2D eigenvalue weighted by Gasteiger charge is -2.20. The minimum absolute atomic E-state index is 0.0191. The monoisotopic (exact) mass is 623 g/mol. The van der Waals surface area contributed by atoms with Gasteiger partial charge in [0.05, 0.1) is 12.1 Å². The Morgan fingerprint density at radius 2 is 1.50 bits per heavy atom. The zero-order chi connectivity index (χ0) is 31.9. The van der Waals surface area contributed by atoms with E-state index in [0.29, 0.717) is 37.4 Å². The van der Waals surface area contributed by atoms with Gasteiger partial charge in [0.1, 0.15) is 0 Å². The molecule has 0 bridgehead atoms. The maximum atomic E-state index is 12.5. The second-order valence-corrected chi connectivity index (χ2v) is 13.6. The van der Waals surface area contributed by atoms with Crippen LogP contribution in [0, 0.1) is 6.92 Å². The summed E-state index contributed by atoms with van der Waals surface area (Å²) in [5.74, 6) is -0.741. The van der Waals surface area contributed by atoms with Crippen molar-refractivity contribution in [2.45, 2.75) is 103 Å². The average molecular weight is 624 g/mol. The lowest BCUT2D eigenvalue weighted by atomic mass is 9.94. The zero-order valence-electron chi connectivity index (χ0n) is 26.0. The summed E-state index contributed by atoms with van der Waals surface area (Å²) in [5, 5.41) is 29.3. The summed E-state index contributed by atoms with van der Waals surface area (Å²) in [5.41, 5.74) is 10.3. The number of carboxylic acid groups (broad SMARTS) is 2. The van der Waals surface area contributed by atoms with Crippen molar-refractivity contribution in [2.75, 3.05) is 5.75 Å². The standard InChI is InChI=1S/C33H42N4O6S/c1-6-19-15(2)24(36-33(19)43)11-22-16(3)20(7-9-29(38)39)25(34-22)13-26-21(8-10-30(40)41)17(4)23(35-26)12-27-31(28-14-44-28)18(5)32(42)37-27/h13,22,24,27-28,34-35H,6-12,14H2,1-5H3,(H,36,43)(H,37,42)(H,38,39)(H,40,41)/p+1/b25-13-/t22?,24-,27+,28-/m1/s1. The van der Waals surface area contributed by atoms with Crippen molar-refractivity contribution >= 4 is 41.6 Å². The highest BCUT2D eigenvalue weighted by atomic mass is 32.2. The Labute approximate surface area is 261 Å². The van der Waals surface area contributed by atoms with Crippen molar-refractivity contribution in [1.29, 1.82) is 0 Å². The van der Waals surface area contributed by atoms with Gasteiger partial charge in [0.25, 0.3) is 0 Å². The molecule has 4 aliphatic heterocycles. The fourth-order valence-electron chi connectivity index (χ4n) is 6.96. The molecule has 1 unspecified atom stereocenters. The maximum Gasteiger partial charge on any atom is 0.303 e. The molecule has 1 aromatic heterocycles. The first-order valence-electron chi connectivity index (χ1n) is 15.4. The molecule has 0 aliphatic carbocycles. The van der Waals surface area contributed by atoms with Crippen molar-refractivity contribution in [2.24, 2.45) is 0 Å². The van der Waals surface area contributed by atoms with Crippen molar-refractivity contribution in [3.05, 3.63) is 61.7 Å². The van der Waals surface area contributed by atoms with Crippen LogP contribution in [0.4, 0.5) is 0 Å². The molecule has 0 saturated carbocycles. The van der Waals surface area contributed by atoms with Crippen molar-refractivity contribution in [1.82, 2.24) is 20.9 Å². The number of hydrogen-bond donors (Lipinski definition) is 6. The first-order valence-corrected chi connectivity index (χ1v) is 16.5. The molecule has 6 N–H and O–H groups in total. The van der Waals surface area contributed by atoms with Gasteiger partial charge in [-0.1, -0.05) is 6.92 Å². The second kappa shape index (κ2) is 12.7. The first-order chi connectivity index (χ1) is 20.9. The SMILES string of the molecule is CCC1=C(C)[C@@H](CC2N/C(=C\c3[nH]c(C[C@@H]4NC(=O)C(C)=C4[C@H]4C[SH+]4)c(C)c3CCC(=O)O)C(CCC(=O)O)=C2C)NC1=O. The summed E-state index contributed by atoms with van der Waals surface area (Å²) in [7, 11) is 0. The molecule has 44 heavy (non-hydrogen) atoms. The molecule has 4 aliphatic rings. The van der Waals surface area contributed by atoms with Gasteiger partial charge >= 0.3 is 11.9 Å². The van der Waals surface area contributed by atoms with Gasteiger partial charge < -0.3 is 31.1 Å². The number of carbonyl (C=O) groups is 4. The Balaban J connectivity index is 1.47. The quantitative estimate of drug-likeness (QED) is 0.112. The molecular formula is C33H43N4O6S+. The Morgan fingerprint density at radius 1 is 0.886 bits per heavy atom. The van der Waals surface area contributed by atoms with Crippen LogP contribution in [0.25, 0.3) is 6.08 Å². The Bertz CT molecular complexity index is 1540. The van der Waals surface area contributed by atoms with Crippen LogP contribution in [0.2, 0.25) is 0 Å². The molecule has 0 spiro atoms. The van der Waals surface area contributed by atoms with E-state index < -0.39 is 11.9 Å². The molecule has 0 aromatic carbocycles. The van der Waals surface area contributed by atoms with Gasteiger partial charge in [0.15, 0.2) is 11.0 Å². The number of aromatic nitrogens is 1. The smallest absolute Gasteiger partial charge is 0.303 e. The predicted molar refractivity (Wildman–Crippen MR) is 171 cm³/mol. The summed E-state index contributed by atoms with van der Waals surface area (Å²) in [6.07, 6.45) is 4.52. The number of aliphatic carboxylic acids is 2. The summed E-state index contributed by atoms with van der Waals surface area (Å²) in [4.78, 5) is 51.7. The molecule has 1 saturated heterocycles. The van der Waals surface area contributed by atoms with Crippen LogP contribution in [0.1, 0.15) is 82.3 Å². The van der Waals surface area contributed by atoms with Crippen LogP contribution < -0.4 is 16.0 Å². The van der Waals surface area contributed by atoms with E-state index in [0.717, 1.165) is 61.8 Å². The molecule has 0 radical (unpaired) electrons. The molecule has 1 fully saturated rings. The fraction of sp³-hybridized carbons (Fsp3) is 0.515.